The summed E-state index contributed by atoms with van der Waals surface area (Å²) in [7, 11) is 0. The van der Waals surface area contributed by atoms with Crippen molar-refractivity contribution in [2.24, 2.45) is 0 Å². The molecule has 0 aliphatic rings. The smallest absolute Gasteiger partial charge is 0.173 e. The summed E-state index contributed by atoms with van der Waals surface area (Å²) in [5.74, 6) is 0. The lowest BCUT2D eigenvalue weighted by molar-refractivity contribution is -0.0634. The van der Waals surface area contributed by atoms with Gasteiger partial charge in [0.25, 0.3) is 0 Å². The highest BCUT2D eigenvalue weighted by atomic mass is 16.6. The third-order valence-corrected chi connectivity index (χ3v) is 0.694. The van der Waals surface area contributed by atoms with Gasteiger partial charge < -0.3 is 9.84 Å². The molecule has 0 aromatic heterocycles. The molecule has 0 bridgehead atoms. The van der Waals surface area contributed by atoms with Crippen molar-refractivity contribution in [1.82, 2.24) is 0 Å². The van der Waals surface area contributed by atoms with E-state index in [9.17, 15) is 0 Å². The molecule has 8 heavy (non-hydrogen) atoms. The molecule has 0 aliphatic heterocycles. The molecule has 2 heteroatoms. The second-order valence-electron chi connectivity index (χ2n) is 1.50. The van der Waals surface area contributed by atoms with E-state index in [-0.39, 0.29) is 0 Å². The van der Waals surface area contributed by atoms with Gasteiger partial charge in [0.1, 0.15) is 0 Å². The van der Waals surface area contributed by atoms with Gasteiger partial charge in [0.05, 0.1) is 0 Å². The maximum Gasteiger partial charge on any atom is 0.173 e. The number of aliphatic hydroxyl groups is 1. The fourth-order valence-electron chi connectivity index (χ4n) is 0.307. The number of hydrogen-bond donors (Lipinski definition) is 1. The second kappa shape index (κ2) is 4.81. The predicted molar refractivity (Wildman–Crippen MR) is 32.4 cm³/mol. The van der Waals surface area contributed by atoms with Crippen LogP contribution in [0.2, 0.25) is 0 Å². The Kier molecular flexibility index (Phi) is 4.61. The molecule has 0 rings (SSSR count). The topological polar surface area (TPSA) is 29.5 Å². The summed E-state index contributed by atoms with van der Waals surface area (Å²) in [6.45, 7) is 5.91. The van der Waals surface area contributed by atoms with E-state index in [4.69, 9.17) is 9.84 Å². The molecule has 0 unspecified atom stereocenters. The zero-order valence-corrected chi connectivity index (χ0v) is 5.13. The molecule has 0 aliphatic carbocycles. The van der Waals surface area contributed by atoms with Crippen LogP contribution < -0.4 is 0 Å². The van der Waals surface area contributed by atoms with Crippen molar-refractivity contribution >= 4 is 0 Å². The Labute approximate surface area is 49.8 Å². The molecule has 1 atom stereocenters. The molecule has 1 N–H and O–H groups in total. The molecule has 48 valence electrons. The zero-order valence-electron chi connectivity index (χ0n) is 5.13. The SMILES string of the molecule is C=C[C@H](O)OCCC. The van der Waals surface area contributed by atoms with Crippen molar-refractivity contribution in [2.45, 2.75) is 19.6 Å². The lowest BCUT2D eigenvalue weighted by Crippen LogP contribution is -2.07. The van der Waals surface area contributed by atoms with Gasteiger partial charge in [-0.15, -0.1) is 0 Å². The fraction of sp³-hybridized carbons (Fsp3) is 0.667. The van der Waals surface area contributed by atoms with Crippen LogP contribution in [0.3, 0.4) is 0 Å². The Hall–Kier alpha value is -0.340. The van der Waals surface area contributed by atoms with E-state index in [2.05, 4.69) is 6.58 Å². The number of aliphatic hydroxyl groups excluding tert-OH is 1. The number of hydrogen-bond acceptors (Lipinski definition) is 2. The molecule has 0 aromatic carbocycles. The van der Waals surface area contributed by atoms with Crippen LogP contribution in [0.25, 0.3) is 0 Å². The van der Waals surface area contributed by atoms with Crippen LogP contribution in [-0.2, 0) is 4.74 Å². The van der Waals surface area contributed by atoms with Gasteiger partial charge in [-0.05, 0) is 12.5 Å². The van der Waals surface area contributed by atoms with Crippen molar-refractivity contribution < 1.29 is 9.84 Å². The van der Waals surface area contributed by atoms with Crippen LogP contribution in [-0.4, -0.2) is 18.0 Å². The largest absolute Gasteiger partial charge is 0.365 e. The lowest BCUT2D eigenvalue weighted by atomic mass is 10.5. The summed E-state index contributed by atoms with van der Waals surface area (Å²) >= 11 is 0. The van der Waals surface area contributed by atoms with Gasteiger partial charge in [0, 0.05) is 6.61 Å². The van der Waals surface area contributed by atoms with Gasteiger partial charge in [0.2, 0.25) is 0 Å². The van der Waals surface area contributed by atoms with Crippen molar-refractivity contribution in [1.29, 1.82) is 0 Å². The lowest BCUT2D eigenvalue weighted by Gasteiger charge is -2.03. The Balaban J connectivity index is 2.98. The van der Waals surface area contributed by atoms with Gasteiger partial charge in [-0.2, -0.15) is 0 Å². The van der Waals surface area contributed by atoms with E-state index in [0.29, 0.717) is 6.61 Å². The Morgan fingerprint density at radius 1 is 1.88 bits per heavy atom. The highest BCUT2D eigenvalue weighted by molar-refractivity contribution is 4.69. The summed E-state index contributed by atoms with van der Waals surface area (Å²) < 4.78 is 4.78. The van der Waals surface area contributed by atoms with Gasteiger partial charge in [-0.25, -0.2) is 0 Å². The van der Waals surface area contributed by atoms with Gasteiger partial charge in [-0.1, -0.05) is 13.5 Å². The summed E-state index contributed by atoms with van der Waals surface area (Å²) in [5, 5.41) is 8.65. The fourth-order valence-corrected chi connectivity index (χ4v) is 0.307. The second-order valence-corrected chi connectivity index (χ2v) is 1.50. The predicted octanol–water partition coefficient (Wildman–Crippen LogP) is 0.917. The van der Waals surface area contributed by atoms with E-state index >= 15 is 0 Å². The molecule has 2 nitrogen and oxygen atoms in total. The minimum atomic E-state index is -0.782. The van der Waals surface area contributed by atoms with Gasteiger partial charge in [0.15, 0.2) is 6.29 Å². The monoisotopic (exact) mass is 116 g/mol. The van der Waals surface area contributed by atoms with Crippen molar-refractivity contribution in [3.8, 4) is 0 Å². The van der Waals surface area contributed by atoms with E-state index < -0.39 is 6.29 Å². The first-order chi connectivity index (χ1) is 3.81. The van der Waals surface area contributed by atoms with E-state index in [1.165, 1.54) is 6.08 Å². The average molecular weight is 116 g/mol. The Morgan fingerprint density at radius 2 is 2.50 bits per heavy atom. The zero-order chi connectivity index (χ0) is 6.41. The van der Waals surface area contributed by atoms with Crippen molar-refractivity contribution in [2.75, 3.05) is 6.61 Å². The van der Waals surface area contributed by atoms with Crippen molar-refractivity contribution in [3.05, 3.63) is 12.7 Å². The maximum atomic E-state index is 8.65. The molecular weight excluding hydrogens is 104 g/mol. The summed E-state index contributed by atoms with van der Waals surface area (Å²) in [5.41, 5.74) is 0. The molecular formula is C6H12O2. The highest BCUT2D eigenvalue weighted by Gasteiger charge is 1.92. The summed E-state index contributed by atoms with van der Waals surface area (Å²) in [6, 6.07) is 0. The molecule has 0 saturated carbocycles. The third-order valence-electron chi connectivity index (χ3n) is 0.694. The standard InChI is InChI=1S/C6H12O2/c1-3-5-8-6(7)4-2/h4,6-7H,2-3,5H2,1H3/t6-/m1/s1. The molecule has 0 heterocycles. The van der Waals surface area contributed by atoms with Crippen LogP contribution in [0.5, 0.6) is 0 Å². The normalized spacial score (nSPS) is 13.2. The Morgan fingerprint density at radius 3 is 2.88 bits per heavy atom. The van der Waals surface area contributed by atoms with E-state index in [0.717, 1.165) is 6.42 Å². The van der Waals surface area contributed by atoms with Crippen molar-refractivity contribution in [3.63, 3.8) is 0 Å². The average Bonchev–Trinajstić information content (AvgIpc) is 1.83. The van der Waals surface area contributed by atoms with Crippen LogP contribution in [0.4, 0.5) is 0 Å². The summed E-state index contributed by atoms with van der Waals surface area (Å²) in [4.78, 5) is 0. The minimum Gasteiger partial charge on any atom is -0.365 e. The molecule has 0 saturated heterocycles. The van der Waals surface area contributed by atoms with Gasteiger partial charge >= 0.3 is 0 Å². The number of rotatable bonds is 4. The summed E-state index contributed by atoms with van der Waals surface area (Å²) in [6.07, 6.45) is 1.50. The first kappa shape index (κ1) is 7.66. The maximum absolute atomic E-state index is 8.65. The van der Waals surface area contributed by atoms with Crippen LogP contribution >= 0.6 is 0 Å². The van der Waals surface area contributed by atoms with Gasteiger partial charge in [-0.3, -0.25) is 0 Å². The first-order valence-electron chi connectivity index (χ1n) is 2.73. The molecule has 0 aromatic rings. The quantitative estimate of drug-likeness (QED) is 0.437. The molecule has 0 amide bonds. The van der Waals surface area contributed by atoms with E-state index in [1.54, 1.807) is 0 Å². The molecule has 0 spiro atoms. The third kappa shape index (κ3) is 3.84. The molecule has 0 radical (unpaired) electrons. The first-order valence-corrected chi connectivity index (χ1v) is 2.73. The highest BCUT2D eigenvalue weighted by Crippen LogP contribution is 1.87. The Bertz CT molecular complexity index is 61.5. The van der Waals surface area contributed by atoms with Crippen LogP contribution in [0.15, 0.2) is 12.7 Å². The van der Waals surface area contributed by atoms with E-state index in [1.807, 2.05) is 6.92 Å². The van der Waals surface area contributed by atoms with Crippen LogP contribution in [0.1, 0.15) is 13.3 Å². The van der Waals surface area contributed by atoms with Crippen LogP contribution in [0, 0.1) is 0 Å². The minimum absolute atomic E-state index is 0.590. The number of ether oxygens (including phenoxy) is 1. The molecule has 0 fully saturated rings.